The second kappa shape index (κ2) is 6.19. The first-order valence-corrected chi connectivity index (χ1v) is 6.99. The van der Waals surface area contributed by atoms with Crippen molar-refractivity contribution in [2.45, 2.75) is 34.1 Å². The Morgan fingerprint density at radius 1 is 1.16 bits per heavy atom. The zero-order valence-electron chi connectivity index (χ0n) is 11.5. The zero-order chi connectivity index (χ0) is 14.7. The van der Waals surface area contributed by atoms with Crippen LogP contribution in [0.3, 0.4) is 0 Å². The molecule has 0 aliphatic carbocycles. The topological polar surface area (TPSA) is 63.6 Å². The van der Waals surface area contributed by atoms with Crippen molar-refractivity contribution in [3.05, 3.63) is 22.3 Å². The molecule has 0 fully saturated rings. The minimum absolute atomic E-state index is 0.0424. The van der Waals surface area contributed by atoms with Gasteiger partial charge in [0, 0.05) is 18.9 Å². The average Bonchev–Trinajstić information content (AvgIpc) is 2.37. The van der Waals surface area contributed by atoms with Gasteiger partial charge < -0.3 is 9.84 Å². The van der Waals surface area contributed by atoms with Gasteiger partial charge in [-0.2, -0.15) is 0 Å². The molecule has 1 rings (SSSR count). The van der Waals surface area contributed by atoms with Crippen molar-refractivity contribution in [3.8, 4) is 11.5 Å². The highest BCUT2D eigenvalue weighted by Crippen LogP contribution is 2.37. The fourth-order valence-corrected chi connectivity index (χ4v) is 2.11. The molecule has 0 atom stereocenters. The van der Waals surface area contributed by atoms with E-state index < -0.39 is 5.97 Å². The number of aromatic hydroxyl groups is 1. The number of benzene rings is 1. The summed E-state index contributed by atoms with van der Waals surface area (Å²) in [6.07, 6.45) is 0.119. The number of phenolic OH excluding ortho intramolecular Hbond substituents is 1. The van der Waals surface area contributed by atoms with E-state index in [0.717, 1.165) is 0 Å². The first-order chi connectivity index (χ1) is 8.79. The van der Waals surface area contributed by atoms with Crippen molar-refractivity contribution >= 4 is 27.7 Å². The summed E-state index contributed by atoms with van der Waals surface area (Å²) in [6.45, 7) is 6.54. The number of carbonyl (C=O) groups is 2. The van der Waals surface area contributed by atoms with Gasteiger partial charge in [0.05, 0.1) is 5.33 Å². The van der Waals surface area contributed by atoms with Gasteiger partial charge in [-0.25, -0.2) is 0 Å². The van der Waals surface area contributed by atoms with Crippen LogP contribution in [-0.4, -0.2) is 22.2 Å². The third kappa shape index (κ3) is 3.35. The van der Waals surface area contributed by atoms with Crippen LogP contribution in [0.4, 0.5) is 0 Å². The molecule has 19 heavy (non-hydrogen) atoms. The number of hydrogen-bond acceptors (Lipinski definition) is 4. The summed E-state index contributed by atoms with van der Waals surface area (Å²) in [4.78, 5) is 22.8. The lowest BCUT2D eigenvalue weighted by atomic mass is 9.94. The van der Waals surface area contributed by atoms with E-state index in [2.05, 4.69) is 15.9 Å². The molecule has 0 saturated heterocycles. The number of ether oxygens (including phenoxy) is 1. The number of rotatable bonds is 4. The number of esters is 1. The Labute approximate surface area is 120 Å². The van der Waals surface area contributed by atoms with E-state index in [1.165, 1.54) is 6.92 Å². The van der Waals surface area contributed by atoms with Gasteiger partial charge in [-0.05, 0) is 37.5 Å². The molecule has 1 aromatic rings. The predicted octanol–water partition coefficient (Wildman–Crippen LogP) is 2.75. The van der Waals surface area contributed by atoms with Crippen LogP contribution in [0.25, 0.3) is 0 Å². The van der Waals surface area contributed by atoms with E-state index in [4.69, 9.17) is 4.74 Å². The number of phenols is 1. The van der Waals surface area contributed by atoms with Gasteiger partial charge in [0.25, 0.3) is 0 Å². The Morgan fingerprint density at radius 2 is 1.74 bits per heavy atom. The Bertz CT molecular complexity index is 535. The van der Waals surface area contributed by atoms with Crippen LogP contribution in [0, 0.1) is 20.8 Å². The number of carbonyl (C=O) groups excluding carboxylic acids is 2. The van der Waals surface area contributed by atoms with Gasteiger partial charge in [0.2, 0.25) is 0 Å². The molecule has 1 N–H and O–H groups in total. The maximum absolute atomic E-state index is 11.6. The monoisotopic (exact) mass is 328 g/mol. The highest BCUT2D eigenvalue weighted by Gasteiger charge is 2.21. The Balaban J connectivity index is 3.47. The minimum atomic E-state index is -0.444. The van der Waals surface area contributed by atoms with Crippen molar-refractivity contribution in [1.29, 1.82) is 0 Å². The summed E-state index contributed by atoms with van der Waals surface area (Å²) in [6, 6.07) is 0. The van der Waals surface area contributed by atoms with Crippen LogP contribution in [0.2, 0.25) is 0 Å². The second-order valence-corrected chi connectivity index (χ2v) is 5.03. The molecular weight excluding hydrogens is 312 g/mol. The molecular formula is C14H17BrO4. The molecule has 0 aliphatic heterocycles. The Morgan fingerprint density at radius 3 is 2.21 bits per heavy atom. The van der Waals surface area contributed by atoms with E-state index in [-0.39, 0.29) is 23.3 Å². The highest BCUT2D eigenvalue weighted by molar-refractivity contribution is 9.09. The summed E-state index contributed by atoms with van der Waals surface area (Å²) in [5, 5.41) is 10.3. The molecule has 0 aliphatic rings. The smallest absolute Gasteiger partial charge is 0.308 e. The van der Waals surface area contributed by atoms with Crippen molar-refractivity contribution in [1.82, 2.24) is 0 Å². The van der Waals surface area contributed by atoms with Crippen molar-refractivity contribution < 1.29 is 19.4 Å². The van der Waals surface area contributed by atoms with Crippen LogP contribution >= 0.6 is 15.9 Å². The third-order valence-electron chi connectivity index (χ3n) is 3.11. The number of hydrogen-bond donors (Lipinski definition) is 1. The lowest BCUT2D eigenvalue weighted by Crippen LogP contribution is -2.12. The molecule has 104 valence electrons. The molecule has 0 amide bonds. The number of ketones is 1. The second-order valence-electron chi connectivity index (χ2n) is 4.47. The van der Waals surface area contributed by atoms with Crippen LogP contribution in [0.5, 0.6) is 11.5 Å². The van der Waals surface area contributed by atoms with Crippen LogP contribution in [0.1, 0.15) is 29.2 Å². The molecule has 0 bridgehead atoms. The van der Waals surface area contributed by atoms with E-state index in [0.29, 0.717) is 28.0 Å². The first kappa shape index (κ1) is 15.7. The lowest BCUT2D eigenvalue weighted by Gasteiger charge is -2.18. The Kier molecular flexibility index (Phi) is 5.11. The van der Waals surface area contributed by atoms with E-state index in [1.807, 2.05) is 0 Å². The summed E-state index contributed by atoms with van der Waals surface area (Å²) < 4.78 is 5.22. The predicted molar refractivity (Wildman–Crippen MR) is 76.1 cm³/mol. The lowest BCUT2D eigenvalue weighted by molar-refractivity contribution is -0.132. The standard InChI is InChI=1S/C14H17BrO4/c1-7-8(2)14(19-10(4)16)12(5-11(17)6-15)9(3)13(7)18/h18H,5-6H2,1-4H3. The SMILES string of the molecule is CC(=O)Oc1c(C)c(C)c(O)c(C)c1CC(=O)CBr. The molecule has 0 unspecified atom stereocenters. The molecule has 0 radical (unpaired) electrons. The van der Waals surface area contributed by atoms with Crippen molar-refractivity contribution in [3.63, 3.8) is 0 Å². The molecule has 4 nitrogen and oxygen atoms in total. The summed E-state index contributed by atoms with van der Waals surface area (Å²) >= 11 is 3.10. The van der Waals surface area contributed by atoms with E-state index >= 15 is 0 Å². The van der Waals surface area contributed by atoms with Crippen molar-refractivity contribution in [2.75, 3.05) is 5.33 Å². The fraction of sp³-hybridized carbons (Fsp3) is 0.429. The number of Topliss-reactive ketones (excluding diaryl/α,β-unsaturated/α-hetero) is 1. The van der Waals surface area contributed by atoms with E-state index in [9.17, 15) is 14.7 Å². The number of alkyl halides is 1. The van der Waals surface area contributed by atoms with Gasteiger partial charge in [0.1, 0.15) is 17.3 Å². The van der Waals surface area contributed by atoms with Crippen molar-refractivity contribution in [2.24, 2.45) is 0 Å². The molecule has 0 saturated carbocycles. The Hall–Kier alpha value is -1.36. The summed E-state index contributed by atoms with van der Waals surface area (Å²) in [5.74, 6) is 0.0414. The first-order valence-electron chi connectivity index (χ1n) is 5.87. The number of halogens is 1. The molecule has 0 spiro atoms. The normalized spacial score (nSPS) is 10.4. The molecule has 0 aromatic heterocycles. The highest BCUT2D eigenvalue weighted by atomic mass is 79.9. The van der Waals surface area contributed by atoms with Gasteiger partial charge in [-0.3, -0.25) is 9.59 Å². The van der Waals surface area contributed by atoms with Gasteiger partial charge in [0.15, 0.2) is 0 Å². The molecule has 0 heterocycles. The molecule has 1 aromatic carbocycles. The average molecular weight is 329 g/mol. The van der Waals surface area contributed by atoms with Gasteiger partial charge in [-0.15, -0.1) is 0 Å². The zero-order valence-corrected chi connectivity index (χ0v) is 13.1. The minimum Gasteiger partial charge on any atom is -0.507 e. The van der Waals surface area contributed by atoms with Crippen LogP contribution in [-0.2, 0) is 16.0 Å². The quantitative estimate of drug-likeness (QED) is 0.524. The third-order valence-corrected chi connectivity index (χ3v) is 3.73. The molecule has 5 heteroatoms. The van der Waals surface area contributed by atoms with E-state index in [1.54, 1.807) is 20.8 Å². The maximum atomic E-state index is 11.6. The largest absolute Gasteiger partial charge is 0.507 e. The van der Waals surface area contributed by atoms with Gasteiger partial charge in [-0.1, -0.05) is 15.9 Å². The summed E-state index contributed by atoms with van der Waals surface area (Å²) in [5.41, 5.74) is 2.48. The fourth-order valence-electron chi connectivity index (χ4n) is 1.91. The van der Waals surface area contributed by atoms with Gasteiger partial charge >= 0.3 is 5.97 Å². The maximum Gasteiger partial charge on any atom is 0.308 e. The van der Waals surface area contributed by atoms with Crippen LogP contribution in [0.15, 0.2) is 0 Å². The summed E-state index contributed by atoms with van der Waals surface area (Å²) in [7, 11) is 0. The van der Waals surface area contributed by atoms with Crippen LogP contribution < -0.4 is 4.74 Å².